The molecular weight excluding hydrogens is 238 g/mol. The second-order valence-electron chi connectivity index (χ2n) is 5.53. The van der Waals surface area contributed by atoms with Gasteiger partial charge in [0.05, 0.1) is 12.2 Å². The minimum Gasteiger partial charge on any atom is -0.399 e. The molecule has 0 saturated carbocycles. The van der Waals surface area contributed by atoms with Crippen molar-refractivity contribution in [2.75, 3.05) is 12.3 Å². The molecule has 2 rings (SSSR count). The SMILES string of the molecule is CC(C)(C)OCCn1ccnc1-c1ccc(N)cc1. The highest BCUT2D eigenvalue weighted by atomic mass is 16.5. The number of imidazole rings is 1. The van der Waals surface area contributed by atoms with Gasteiger partial charge in [0.15, 0.2) is 0 Å². The first-order valence-electron chi connectivity index (χ1n) is 6.47. The van der Waals surface area contributed by atoms with Gasteiger partial charge in [0.2, 0.25) is 0 Å². The van der Waals surface area contributed by atoms with Crippen molar-refractivity contribution < 1.29 is 4.74 Å². The summed E-state index contributed by atoms with van der Waals surface area (Å²) in [5, 5.41) is 0. The Hall–Kier alpha value is -1.81. The second-order valence-corrected chi connectivity index (χ2v) is 5.53. The van der Waals surface area contributed by atoms with Crippen molar-refractivity contribution >= 4 is 5.69 Å². The second kappa shape index (κ2) is 5.45. The van der Waals surface area contributed by atoms with Gasteiger partial charge in [0, 0.05) is 30.2 Å². The van der Waals surface area contributed by atoms with E-state index >= 15 is 0 Å². The molecule has 0 amide bonds. The van der Waals surface area contributed by atoms with Crippen LogP contribution in [-0.4, -0.2) is 21.8 Å². The Morgan fingerprint density at radius 1 is 1.21 bits per heavy atom. The number of hydrogen-bond acceptors (Lipinski definition) is 3. The van der Waals surface area contributed by atoms with Crippen molar-refractivity contribution in [3.63, 3.8) is 0 Å². The van der Waals surface area contributed by atoms with E-state index in [-0.39, 0.29) is 5.60 Å². The van der Waals surface area contributed by atoms with Gasteiger partial charge >= 0.3 is 0 Å². The number of nitrogens with two attached hydrogens (primary N) is 1. The molecule has 0 saturated heterocycles. The molecule has 0 bridgehead atoms. The van der Waals surface area contributed by atoms with Crippen molar-refractivity contribution in [1.29, 1.82) is 0 Å². The molecule has 2 N–H and O–H groups in total. The quantitative estimate of drug-likeness (QED) is 0.859. The van der Waals surface area contributed by atoms with E-state index in [2.05, 4.69) is 30.3 Å². The molecule has 102 valence electrons. The third-order valence-electron chi connectivity index (χ3n) is 2.75. The maximum absolute atomic E-state index is 5.74. The molecule has 4 heteroatoms. The zero-order chi connectivity index (χ0) is 13.9. The molecule has 0 spiro atoms. The van der Waals surface area contributed by atoms with Gasteiger partial charge in [0.25, 0.3) is 0 Å². The highest BCUT2D eigenvalue weighted by Crippen LogP contribution is 2.19. The summed E-state index contributed by atoms with van der Waals surface area (Å²) in [5.41, 5.74) is 7.42. The summed E-state index contributed by atoms with van der Waals surface area (Å²) in [6.45, 7) is 7.63. The Labute approximate surface area is 114 Å². The minimum atomic E-state index is -0.109. The van der Waals surface area contributed by atoms with Crippen LogP contribution in [0.2, 0.25) is 0 Å². The zero-order valence-corrected chi connectivity index (χ0v) is 11.8. The lowest BCUT2D eigenvalue weighted by Gasteiger charge is -2.20. The van der Waals surface area contributed by atoms with E-state index in [0.717, 1.165) is 23.6 Å². The van der Waals surface area contributed by atoms with Crippen LogP contribution in [0.4, 0.5) is 5.69 Å². The van der Waals surface area contributed by atoms with Crippen LogP contribution in [0.15, 0.2) is 36.7 Å². The Balaban J connectivity index is 2.07. The molecule has 0 aliphatic heterocycles. The third-order valence-corrected chi connectivity index (χ3v) is 2.75. The van der Waals surface area contributed by atoms with Gasteiger partial charge in [-0.25, -0.2) is 4.98 Å². The fourth-order valence-electron chi connectivity index (χ4n) is 1.83. The third kappa shape index (κ3) is 3.83. The summed E-state index contributed by atoms with van der Waals surface area (Å²) in [6.07, 6.45) is 3.78. The highest BCUT2D eigenvalue weighted by molar-refractivity contribution is 5.59. The van der Waals surface area contributed by atoms with Gasteiger partial charge in [-0.1, -0.05) is 0 Å². The lowest BCUT2D eigenvalue weighted by molar-refractivity contribution is -0.00669. The number of ether oxygens (including phenoxy) is 1. The maximum Gasteiger partial charge on any atom is 0.139 e. The standard InChI is InChI=1S/C15H21N3O/c1-15(2,3)19-11-10-18-9-8-17-14(18)12-4-6-13(16)7-5-12/h4-9H,10-11,16H2,1-3H3. The van der Waals surface area contributed by atoms with Crippen LogP contribution in [-0.2, 0) is 11.3 Å². The van der Waals surface area contributed by atoms with Crippen molar-refractivity contribution in [3.05, 3.63) is 36.7 Å². The summed E-state index contributed by atoms with van der Waals surface area (Å²) in [4.78, 5) is 4.40. The molecule has 0 radical (unpaired) electrons. The van der Waals surface area contributed by atoms with E-state index < -0.39 is 0 Å². The molecular formula is C15H21N3O. The molecule has 19 heavy (non-hydrogen) atoms. The first-order chi connectivity index (χ1) is 8.96. The van der Waals surface area contributed by atoms with Crippen LogP contribution in [0.1, 0.15) is 20.8 Å². The lowest BCUT2D eigenvalue weighted by atomic mass is 10.2. The first-order valence-corrected chi connectivity index (χ1v) is 6.47. The highest BCUT2D eigenvalue weighted by Gasteiger charge is 2.11. The fraction of sp³-hybridized carbons (Fsp3) is 0.400. The van der Waals surface area contributed by atoms with Crippen molar-refractivity contribution in [2.45, 2.75) is 32.9 Å². The van der Waals surface area contributed by atoms with E-state index in [1.807, 2.05) is 36.7 Å². The number of hydrogen-bond donors (Lipinski definition) is 1. The molecule has 4 nitrogen and oxygen atoms in total. The summed E-state index contributed by atoms with van der Waals surface area (Å²) in [6, 6.07) is 7.75. The number of nitrogens with zero attached hydrogens (tertiary/aromatic N) is 2. The largest absolute Gasteiger partial charge is 0.399 e. The van der Waals surface area contributed by atoms with E-state index in [9.17, 15) is 0 Å². The van der Waals surface area contributed by atoms with E-state index in [1.165, 1.54) is 0 Å². The lowest BCUT2D eigenvalue weighted by Crippen LogP contribution is -2.21. The van der Waals surface area contributed by atoms with Gasteiger partial charge in [-0.2, -0.15) is 0 Å². The molecule has 0 atom stereocenters. The summed E-state index contributed by atoms with van der Waals surface area (Å²) in [7, 11) is 0. The van der Waals surface area contributed by atoms with Crippen LogP contribution in [0, 0.1) is 0 Å². The molecule has 0 unspecified atom stereocenters. The van der Waals surface area contributed by atoms with E-state index in [1.54, 1.807) is 0 Å². The number of aromatic nitrogens is 2. The van der Waals surface area contributed by atoms with E-state index in [4.69, 9.17) is 10.5 Å². The molecule has 2 aromatic rings. The maximum atomic E-state index is 5.74. The van der Waals surface area contributed by atoms with Crippen LogP contribution < -0.4 is 5.73 Å². The molecule has 0 fully saturated rings. The number of anilines is 1. The smallest absolute Gasteiger partial charge is 0.139 e. The molecule has 1 aromatic carbocycles. The molecule has 0 aliphatic carbocycles. The summed E-state index contributed by atoms with van der Waals surface area (Å²) >= 11 is 0. The van der Waals surface area contributed by atoms with Crippen molar-refractivity contribution in [2.24, 2.45) is 0 Å². The van der Waals surface area contributed by atoms with Gasteiger partial charge in [-0.15, -0.1) is 0 Å². The summed E-state index contributed by atoms with van der Waals surface area (Å²) in [5.74, 6) is 0.942. The Bertz CT molecular complexity index is 523. The van der Waals surface area contributed by atoms with Gasteiger partial charge in [0.1, 0.15) is 5.82 Å². The van der Waals surface area contributed by atoms with Crippen LogP contribution in [0.25, 0.3) is 11.4 Å². The van der Waals surface area contributed by atoms with Crippen LogP contribution in [0.3, 0.4) is 0 Å². The monoisotopic (exact) mass is 259 g/mol. The van der Waals surface area contributed by atoms with Crippen LogP contribution >= 0.6 is 0 Å². The molecule has 1 heterocycles. The average Bonchev–Trinajstić information content (AvgIpc) is 2.77. The Morgan fingerprint density at radius 3 is 2.53 bits per heavy atom. The topological polar surface area (TPSA) is 53.1 Å². The number of nitrogen functional groups attached to an aromatic ring is 1. The number of rotatable bonds is 4. The first kappa shape index (κ1) is 13.6. The average molecular weight is 259 g/mol. The minimum absolute atomic E-state index is 0.109. The van der Waals surface area contributed by atoms with Crippen molar-refractivity contribution in [1.82, 2.24) is 9.55 Å². The zero-order valence-electron chi connectivity index (χ0n) is 11.8. The predicted octanol–water partition coefficient (Wildman–Crippen LogP) is 2.95. The normalized spacial score (nSPS) is 11.7. The molecule has 0 aliphatic rings. The Kier molecular flexibility index (Phi) is 3.90. The van der Waals surface area contributed by atoms with Crippen molar-refractivity contribution in [3.8, 4) is 11.4 Å². The Morgan fingerprint density at radius 2 is 1.89 bits per heavy atom. The van der Waals surface area contributed by atoms with E-state index in [0.29, 0.717) is 6.61 Å². The number of benzene rings is 1. The van der Waals surface area contributed by atoms with Gasteiger partial charge < -0.3 is 15.0 Å². The predicted molar refractivity (Wildman–Crippen MR) is 77.8 cm³/mol. The molecule has 1 aromatic heterocycles. The van der Waals surface area contributed by atoms with Gasteiger partial charge in [-0.3, -0.25) is 0 Å². The summed E-state index contributed by atoms with van der Waals surface area (Å²) < 4.78 is 7.84. The fourth-order valence-corrected chi connectivity index (χ4v) is 1.83. The van der Waals surface area contributed by atoms with Gasteiger partial charge in [-0.05, 0) is 45.0 Å². The van der Waals surface area contributed by atoms with Crippen LogP contribution in [0.5, 0.6) is 0 Å².